The van der Waals surface area contributed by atoms with Gasteiger partial charge in [0.2, 0.25) is 0 Å². The fourth-order valence-corrected chi connectivity index (χ4v) is 2.31. The van der Waals surface area contributed by atoms with E-state index in [1.54, 1.807) is 18.2 Å². The molecule has 2 rings (SSSR count). The Balaban J connectivity index is 2.36. The van der Waals surface area contributed by atoms with Gasteiger partial charge in [-0.1, -0.05) is 15.9 Å². The predicted molar refractivity (Wildman–Crippen MR) is 77.7 cm³/mol. The van der Waals surface area contributed by atoms with Crippen LogP contribution in [0.4, 0.5) is 17.1 Å². The summed E-state index contributed by atoms with van der Waals surface area (Å²) in [4.78, 5) is 0. The summed E-state index contributed by atoms with van der Waals surface area (Å²) in [5.74, 6) is 0. The van der Waals surface area contributed by atoms with Gasteiger partial charge in [0.1, 0.15) is 0 Å². The minimum atomic E-state index is 0.582. The second-order valence-electron chi connectivity index (χ2n) is 4.06. The number of nitrogens with two attached hydrogens (primary N) is 1. The van der Waals surface area contributed by atoms with Crippen molar-refractivity contribution in [1.82, 2.24) is 0 Å². The number of nitrogens with zero attached hydrogens (tertiary/aromatic N) is 1. The summed E-state index contributed by atoms with van der Waals surface area (Å²) in [5.41, 5.74) is 9.90. The van der Waals surface area contributed by atoms with Crippen molar-refractivity contribution in [3.63, 3.8) is 0 Å². The highest BCUT2D eigenvalue weighted by Gasteiger charge is 2.03. The summed E-state index contributed by atoms with van der Waals surface area (Å²) in [6, 6.07) is 13.3. The number of nitrogen functional groups attached to an aromatic ring is 1. The van der Waals surface area contributed by atoms with Crippen LogP contribution in [0.2, 0.25) is 0 Å². The molecule has 0 heterocycles. The summed E-state index contributed by atoms with van der Waals surface area (Å²) < 4.78 is 1.00. The van der Waals surface area contributed by atoms with E-state index in [2.05, 4.69) is 27.3 Å². The summed E-state index contributed by atoms with van der Waals surface area (Å²) in [6.45, 7) is 2.02. The molecular weight excluding hydrogens is 290 g/mol. The van der Waals surface area contributed by atoms with Gasteiger partial charge in [0.15, 0.2) is 0 Å². The topological polar surface area (TPSA) is 61.8 Å². The van der Waals surface area contributed by atoms with Crippen LogP contribution in [-0.2, 0) is 0 Å². The number of nitriles is 1. The third-order valence-corrected chi connectivity index (χ3v) is 2.96. The van der Waals surface area contributed by atoms with E-state index in [1.807, 2.05) is 25.1 Å². The van der Waals surface area contributed by atoms with E-state index >= 15 is 0 Å². The van der Waals surface area contributed by atoms with Crippen LogP contribution in [0.3, 0.4) is 0 Å². The molecule has 2 aromatic carbocycles. The van der Waals surface area contributed by atoms with Gasteiger partial charge < -0.3 is 11.1 Å². The van der Waals surface area contributed by atoms with Crippen molar-refractivity contribution in [1.29, 1.82) is 5.26 Å². The van der Waals surface area contributed by atoms with Crippen molar-refractivity contribution >= 4 is 33.0 Å². The van der Waals surface area contributed by atoms with Gasteiger partial charge in [-0.25, -0.2) is 0 Å². The number of benzene rings is 2. The zero-order valence-electron chi connectivity index (χ0n) is 9.87. The van der Waals surface area contributed by atoms with Gasteiger partial charge in [-0.15, -0.1) is 0 Å². The number of anilines is 3. The van der Waals surface area contributed by atoms with Gasteiger partial charge in [-0.2, -0.15) is 5.26 Å². The first-order valence-electron chi connectivity index (χ1n) is 5.42. The summed E-state index contributed by atoms with van der Waals surface area (Å²) in [5, 5.41) is 12.1. The molecule has 0 atom stereocenters. The molecule has 3 nitrogen and oxygen atoms in total. The molecule has 0 fully saturated rings. The lowest BCUT2D eigenvalue weighted by molar-refractivity contribution is 1.42. The highest BCUT2D eigenvalue weighted by molar-refractivity contribution is 9.10. The normalized spacial score (nSPS) is 9.83. The van der Waals surface area contributed by atoms with Gasteiger partial charge in [0.25, 0.3) is 0 Å². The lowest BCUT2D eigenvalue weighted by Gasteiger charge is -2.10. The minimum absolute atomic E-state index is 0.582. The van der Waals surface area contributed by atoms with Crippen LogP contribution in [0.25, 0.3) is 0 Å². The predicted octanol–water partition coefficient (Wildman–Crippen LogP) is 3.96. The molecule has 18 heavy (non-hydrogen) atoms. The average Bonchev–Trinajstić information content (AvgIpc) is 2.30. The summed E-state index contributed by atoms with van der Waals surface area (Å²) >= 11 is 3.45. The third kappa shape index (κ3) is 2.82. The van der Waals surface area contributed by atoms with Crippen molar-refractivity contribution in [3.8, 4) is 6.07 Å². The van der Waals surface area contributed by atoms with E-state index in [4.69, 9.17) is 11.0 Å². The Morgan fingerprint density at radius 3 is 2.67 bits per heavy atom. The number of hydrogen-bond donors (Lipinski definition) is 2. The van der Waals surface area contributed by atoms with Gasteiger partial charge >= 0.3 is 0 Å². The van der Waals surface area contributed by atoms with E-state index in [1.165, 1.54) is 0 Å². The van der Waals surface area contributed by atoms with Gasteiger partial charge in [0, 0.05) is 10.2 Å². The van der Waals surface area contributed by atoms with Crippen LogP contribution in [0.15, 0.2) is 40.9 Å². The van der Waals surface area contributed by atoms with Gasteiger partial charge in [-0.05, 0) is 48.9 Å². The van der Waals surface area contributed by atoms with Gasteiger partial charge in [-0.3, -0.25) is 0 Å². The van der Waals surface area contributed by atoms with Crippen molar-refractivity contribution in [2.24, 2.45) is 0 Å². The Morgan fingerprint density at radius 1 is 1.22 bits per heavy atom. The zero-order valence-corrected chi connectivity index (χ0v) is 11.5. The van der Waals surface area contributed by atoms with Crippen molar-refractivity contribution in [3.05, 3.63) is 52.0 Å². The number of halogens is 1. The molecule has 0 aliphatic rings. The van der Waals surface area contributed by atoms with E-state index in [0.29, 0.717) is 11.3 Å². The van der Waals surface area contributed by atoms with Crippen LogP contribution in [0.1, 0.15) is 11.1 Å². The monoisotopic (exact) mass is 301 g/mol. The molecule has 2 aromatic rings. The molecule has 0 saturated carbocycles. The number of aryl methyl sites for hydroxylation is 1. The molecule has 0 spiro atoms. The standard InChI is InChI=1S/C14H12BrN3/c1-9-4-11(15)7-12(5-9)18-14-6-10(8-16)2-3-13(14)17/h2-7,18H,17H2,1H3. The molecule has 0 aliphatic carbocycles. The first-order valence-corrected chi connectivity index (χ1v) is 6.21. The Morgan fingerprint density at radius 2 is 2.00 bits per heavy atom. The van der Waals surface area contributed by atoms with Crippen LogP contribution >= 0.6 is 15.9 Å². The van der Waals surface area contributed by atoms with Crippen molar-refractivity contribution in [2.75, 3.05) is 11.1 Å². The quantitative estimate of drug-likeness (QED) is 0.826. The smallest absolute Gasteiger partial charge is 0.0992 e. The van der Waals surface area contributed by atoms with E-state index in [-0.39, 0.29) is 0 Å². The molecule has 90 valence electrons. The Bertz CT molecular complexity index is 609. The number of nitrogens with one attached hydrogen (secondary N) is 1. The highest BCUT2D eigenvalue weighted by Crippen LogP contribution is 2.26. The molecule has 0 aliphatic heterocycles. The van der Waals surface area contributed by atoms with Crippen molar-refractivity contribution < 1.29 is 0 Å². The Labute approximate surface area is 114 Å². The third-order valence-electron chi connectivity index (χ3n) is 2.50. The average molecular weight is 302 g/mol. The zero-order chi connectivity index (χ0) is 13.1. The van der Waals surface area contributed by atoms with E-state index < -0.39 is 0 Å². The second kappa shape index (κ2) is 5.11. The molecule has 3 N–H and O–H groups in total. The first-order chi connectivity index (χ1) is 8.58. The van der Waals surface area contributed by atoms with E-state index in [0.717, 1.165) is 21.4 Å². The molecule has 0 radical (unpaired) electrons. The minimum Gasteiger partial charge on any atom is -0.397 e. The van der Waals surface area contributed by atoms with Crippen LogP contribution < -0.4 is 11.1 Å². The molecule has 4 heteroatoms. The summed E-state index contributed by atoms with van der Waals surface area (Å²) in [6.07, 6.45) is 0. The maximum Gasteiger partial charge on any atom is 0.0992 e. The van der Waals surface area contributed by atoms with Gasteiger partial charge in [0.05, 0.1) is 23.0 Å². The number of rotatable bonds is 2. The maximum atomic E-state index is 8.88. The lowest BCUT2D eigenvalue weighted by atomic mass is 10.1. The number of hydrogen-bond acceptors (Lipinski definition) is 3. The summed E-state index contributed by atoms with van der Waals surface area (Å²) in [7, 11) is 0. The van der Waals surface area contributed by atoms with Crippen molar-refractivity contribution in [2.45, 2.75) is 6.92 Å². The largest absolute Gasteiger partial charge is 0.397 e. The van der Waals surface area contributed by atoms with Crippen LogP contribution in [0.5, 0.6) is 0 Å². The van der Waals surface area contributed by atoms with Crippen LogP contribution in [0, 0.1) is 18.3 Å². The fourth-order valence-electron chi connectivity index (χ4n) is 1.70. The Kier molecular flexibility index (Phi) is 3.54. The lowest BCUT2D eigenvalue weighted by Crippen LogP contribution is -1.97. The van der Waals surface area contributed by atoms with Crippen LogP contribution in [-0.4, -0.2) is 0 Å². The molecular formula is C14H12BrN3. The molecule has 0 amide bonds. The Hall–Kier alpha value is -1.99. The SMILES string of the molecule is Cc1cc(Br)cc(Nc2cc(C#N)ccc2N)c1. The highest BCUT2D eigenvalue weighted by atomic mass is 79.9. The fraction of sp³-hybridized carbons (Fsp3) is 0.0714. The molecule has 0 bridgehead atoms. The molecule has 0 saturated heterocycles. The van der Waals surface area contributed by atoms with E-state index in [9.17, 15) is 0 Å². The second-order valence-corrected chi connectivity index (χ2v) is 4.97. The molecule has 0 aromatic heterocycles. The maximum absolute atomic E-state index is 8.88. The molecule has 0 unspecified atom stereocenters. The first kappa shape index (κ1) is 12.5.